The van der Waals surface area contributed by atoms with Crippen molar-refractivity contribution in [3.63, 3.8) is 0 Å². The van der Waals surface area contributed by atoms with Crippen molar-refractivity contribution >= 4 is 37.4 Å². The average Bonchev–Trinajstić information content (AvgIpc) is 2.46. The number of fused-ring (bicyclic) bond motifs is 1. The first-order chi connectivity index (χ1) is 6.29. The molecule has 0 fully saturated rings. The third-order valence-electron chi connectivity index (χ3n) is 2.03. The van der Waals surface area contributed by atoms with E-state index in [1.165, 1.54) is 32.3 Å². The van der Waals surface area contributed by atoms with Crippen LogP contribution in [0, 0.1) is 0 Å². The molecule has 2 aromatic rings. The molecule has 0 aliphatic carbocycles. The molecule has 0 saturated carbocycles. The highest BCUT2D eigenvalue weighted by Crippen LogP contribution is 2.28. The first-order valence-electron chi connectivity index (χ1n) is 4.47. The molecule has 0 N–H and O–H groups in total. The molecule has 0 radical (unpaired) electrons. The Morgan fingerprint density at radius 3 is 2.92 bits per heavy atom. The molecular formula is C11H11BrS. The number of benzene rings is 1. The van der Waals surface area contributed by atoms with Gasteiger partial charge in [0.15, 0.2) is 0 Å². The van der Waals surface area contributed by atoms with Gasteiger partial charge in [0.25, 0.3) is 0 Å². The molecule has 1 heterocycles. The van der Waals surface area contributed by atoms with Gasteiger partial charge in [-0.15, -0.1) is 11.3 Å². The molecule has 0 unspecified atom stereocenters. The summed E-state index contributed by atoms with van der Waals surface area (Å²) in [7, 11) is 0. The van der Waals surface area contributed by atoms with Crippen LogP contribution in [0.15, 0.2) is 28.7 Å². The summed E-state index contributed by atoms with van der Waals surface area (Å²) >= 11 is 5.39. The van der Waals surface area contributed by atoms with Crippen LogP contribution in [-0.4, -0.2) is 0 Å². The monoisotopic (exact) mass is 254 g/mol. The fourth-order valence-corrected chi connectivity index (χ4v) is 3.15. The lowest BCUT2D eigenvalue weighted by atomic mass is 10.2. The summed E-state index contributed by atoms with van der Waals surface area (Å²) in [5.41, 5.74) is 0. The Hall–Kier alpha value is -0.340. The molecule has 0 atom stereocenters. The van der Waals surface area contributed by atoms with Gasteiger partial charge in [-0.25, -0.2) is 0 Å². The van der Waals surface area contributed by atoms with Gasteiger partial charge in [-0.2, -0.15) is 0 Å². The molecule has 0 spiro atoms. The molecule has 0 bridgehead atoms. The molecule has 0 nitrogen and oxygen atoms in total. The molecule has 2 heteroatoms. The number of hydrogen-bond donors (Lipinski definition) is 0. The van der Waals surface area contributed by atoms with Crippen LogP contribution in [-0.2, 0) is 6.42 Å². The van der Waals surface area contributed by atoms with E-state index in [0.29, 0.717) is 0 Å². The summed E-state index contributed by atoms with van der Waals surface area (Å²) in [6.07, 6.45) is 2.44. The van der Waals surface area contributed by atoms with Crippen molar-refractivity contribution < 1.29 is 0 Å². The zero-order valence-corrected chi connectivity index (χ0v) is 9.91. The Labute approximate surface area is 90.7 Å². The minimum atomic E-state index is 1.17. The third-order valence-corrected chi connectivity index (χ3v) is 3.68. The van der Waals surface area contributed by atoms with E-state index in [4.69, 9.17) is 0 Å². The van der Waals surface area contributed by atoms with E-state index in [9.17, 15) is 0 Å². The summed E-state index contributed by atoms with van der Waals surface area (Å²) in [6.45, 7) is 2.22. The van der Waals surface area contributed by atoms with Gasteiger partial charge >= 0.3 is 0 Å². The number of thiophene rings is 1. The quantitative estimate of drug-likeness (QED) is 0.734. The summed E-state index contributed by atoms with van der Waals surface area (Å²) in [4.78, 5) is 1.50. The SMILES string of the molecule is CCCc1cc2ccc(Br)cc2s1. The van der Waals surface area contributed by atoms with E-state index in [0.717, 1.165) is 0 Å². The van der Waals surface area contributed by atoms with E-state index in [2.05, 4.69) is 47.1 Å². The molecular weight excluding hydrogens is 244 g/mol. The lowest BCUT2D eigenvalue weighted by Gasteiger charge is -1.88. The Morgan fingerprint density at radius 1 is 1.31 bits per heavy atom. The second-order valence-electron chi connectivity index (χ2n) is 3.14. The van der Waals surface area contributed by atoms with Gasteiger partial charge in [0.2, 0.25) is 0 Å². The molecule has 1 aromatic carbocycles. The molecule has 1 aromatic heterocycles. The van der Waals surface area contributed by atoms with Crippen LogP contribution in [0.5, 0.6) is 0 Å². The Kier molecular flexibility index (Phi) is 2.70. The summed E-state index contributed by atoms with van der Waals surface area (Å²) in [5, 5.41) is 1.37. The van der Waals surface area contributed by atoms with Gasteiger partial charge in [-0.05, 0) is 30.0 Å². The summed E-state index contributed by atoms with van der Waals surface area (Å²) in [5.74, 6) is 0. The van der Waals surface area contributed by atoms with Crippen molar-refractivity contribution in [1.29, 1.82) is 0 Å². The maximum Gasteiger partial charge on any atom is 0.0356 e. The van der Waals surface area contributed by atoms with Crippen LogP contribution in [0.25, 0.3) is 10.1 Å². The predicted molar refractivity (Wildman–Crippen MR) is 63.5 cm³/mol. The highest BCUT2D eigenvalue weighted by Gasteiger charge is 2.00. The number of halogens is 1. The first kappa shape index (κ1) is 9.22. The fraction of sp³-hybridized carbons (Fsp3) is 0.273. The Balaban J connectivity index is 2.49. The van der Waals surface area contributed by atoms with Crippen LogP contribution in [0.3, 0.4) is 0 Å². The van der Waals surface area contributed by atoms with Gasteiger partial charge in [-0.3, -0.25) is 0 Å². The third kappa shape index (κ3) is 1.94. The number of hydrogen-bond acceptors (Lipinski definition) is 1. The van der Waals surface area contributed by atoms with Crippen LogP contribution in [0.1, 0.15) is 18.2 Å². The highest BCUT2D eigenvalue weighted by molar-refractivity contribution is 9.10. The second kappa shape index (κ2) is 3.81. The normalized spacial score (nSPS) is 10.9. The van der Waals surface area contributed by atoms with E-state index in [1.54, 1.807) is 0 Å². The molecule has 68 valence electrons. The maximum atomic E-state index is 3.49. The van der Waals surface area contributed by atoms with Crippen molar-refractivity contribution in [2.45, 2.75) is 19.8 Å². The van der Waals surface area contributed by atoms with Crippen LogP contribution < -0.4 is 0 Å². The van der Waals surface area contributed by atoms with Crippen LogP contribution >= 0.6 is 27.3 Å². The minimum absolute atomic E-state index is 1.17. The lowest BCUT2D eigenvalue weighted by Crippen LogP contribution is -1.71. The Bertz CT molecular complexity index is 417. The van der Waals surface area contributed by atoms with Gasteiger partial charge < -0.3 is 0 Å². The van der Waals surface area contributed by atoms with E-state index in [-0.39, 0.29) is 0 Å². The smallest absolute Gasteiger partial charge is 0.0356 e. The van der Waals surface area contributed by atoms with Crippen molar-refractivity contribution in [2.24, 2.45) is 0 Å². The molecule has 0 aliphatic rings. The fourth-order valence-electron chi connectivity index (χ4n) is 1.43. The van der Waals surface area contributed by atoms with Crippen molar-refractivity contribution in [3.05, 3.63) is 33.6 Å². The van der Waals surface area contributed by atoms with Gasteiger partial charge in [0, 0.05) is 14.0 Å². The van der Waals surface area contributed by atoms with E-state index < -0.39 is 0 Å². The summed E-state index contributed by atoms with van der Waals surface area (Å²) < 4.78 is 2.56. The maximum absolute atomic E-state index is 3.49. The van der Waals surface area contributed by atoms with Crippen molar-refractivity contribution in [2.75, 3.05) is 0 Å². The predicted octanol–water partition coefficient (Wildman–Crippen LogP) is 4.62. The van der Waals surface area contributed by atoms with Crippen LogP contribution in [0.4, 0.5) is 0 Å². The number of aryl methyl sites for hydroxylation is 1. The standard InChI is InChI=1S/C11H11BrS/c1-2-3-10-6-8-4-5-9(12)7-11(8)13-10/h4-7H,2-3H2,1H3. The lowest BCUT2D eigenvalue weighted by molar-refractivity contribution is 0.941. The van der Waals surface area contributed by atoms with Gasteiger partial charge in [0.05, 0.1) is 0 Å². The molecule has 2 rings (SSSR count). The van der Waals surface area contributed by atoms with E-state index in [1.807, 2.05) is 11.3 Å². The average molecular weight is 255 g/mol. The Morgan fingerprint density at radius 2 is 2.15 bits per heavy atom. The summed E-state index contributed by atoms with van der Waals surface area (Å²) in [6, 6.07) is 8.77. The number of rotatable bonds is 2. The van der Waals surface area contributed by atoms with E-state index >= 15 is 0 Å². The topological polar surface area (TPSA) is 0 Å². The molecule has 0 aliphatic heterocycles. The van der Waals surface area contributed by atoms with Crippen LogP contribution in [0.2, 0.25) is 0 Å². The first-order valence-corrected chi connectivity index (χ1v) is 6.08. The largest absolute Gasteiger partial charge is 0.140 e. The second-order valence-corrected chi connectivity index (χ2v) is 5.23. The van der Waals surface area contributed by atoms with Crippen molar-refractivity contribution in [1.82, 2.24) is 0 Å². The molecule has 13 heavy (non-hydrogen) atoms. The highest BCUT2D eigenvalue weighted by atomic mass is 79.9. The zero-order valence-electron chi connectivity index (χ0n) is 7.51. The van der Waals surface area contributed by atoms with Crippen molar-refractivity contribution in [3.8, 4) is 0 Å². The molecule has 0 amide bonds. The zero-order chi connectivity index (χ0) is 9.26. The minimum Gasteiger partial charge on any atom is -0.140 e. The molecule has 0 saturated heterocycles. The van der Waals surface area contributed by atoms with Gasteiger partial charge in [-0.1, -0.05) is 35.3 Å². The van der Waals surface area contributed by atoms with Gasteiger partial charge in [0.1, 0.15) is 0 Å².